The topological polar surface area (TPSA) is 46.4 Å². The van der Waals surface area contributed by atoms with Crippen molar-refractivity contribution >= 4 is 22.9 Å². The molecule has 1 aromatic heterocycles. The molecule has 3 aromatic rings. The van der Waals surface area contributed by atoms with E-state index in [1.54, 1.807) is 11.3 Å². The van der Waals surface area contributed by atoms with Gasteiger partial charge in [-0.15, -0.1) is 11.3 Å². The summed E-state index contributed by atoms with van der Waals surface area (Å²) in [4.78, 5) is 18.3. The number of amides is 1. The molecule has 5 heteroatoms. The fraction of sp³-hybridized carbons (Fsp3) is 0.360. The number of carbonyl (C=O) groups excluding carboxylic acids is 1. The molecular formula is C25H32N3OS+. The standard InChI is InChI=1S/C25H31N3OS/c1-18-6-12-21(13-7-18)26-23(29)14-24-27-22(17-30-24)16-28(5)15-19-8-10-20(11-9-19)25(2,3)4/h6-13,17H,14-16H2,1-5H3,(H,26,29)/p+1. The maximum atomic E-state index is 12.3. The van der Waals surface area contributed by atoms with Crippen LogP contribution in [0.3, 0.4) is 0 Å². The van der Waals surface area contributed by atoms with Gasteiger partial charge in [0, 0.05) is 16.6 Å². The number of nitrogens with one attached hydrogen (secondary N) is 2. The van der Waals surface area contributed by atoms with Crippen LogP contribution >= 0.6 is 11.3 Å². The summed E-state index contributed by atoms with van der Waals surface area (Å²) in [6.45, 7) is 10.5. The maximum Gasteiger partial charge on any atom is 0.231 e. The van der Waals surface area contributed by atoms with E-state index in [2.05, 4.69) is 67.8 Å². The number of rotatable bonds is 7. The Morgan fingerprint density at radius 3 is 2.33 bits per heavy atom. The molecule has 0 saturated carbocycles. The second-order valence-electron chi connectivity index (χ2n) is 9.08. The van der Waals surface area contributed by atoms with Gasteiger partial charge in [0.25, 0.3) is 0 Å². The van der Waals surface area contributed by atoms with Gasteiger partial charge >= 0.3 is 0 Å². The van der Waals surface area contributed by atoms with Crippen molar-refractivity contribution < 1.29 is 9.69 Å². The smallest absolute Gasteiger partial charge is 0.231 e. The van der Waals surface area contributed by atoms with Crippen LogP contribution in [0.25, 0.3) is 0 Å². The van der Waals surface area contributed by atoms with E-state index < -0.39 is 0 Å². The minimum Gasteiger partial charge on any atom is -0.329 e. The minimum absolute atomic E-state index is 0.0283. The normalized spacial score (nSPS) is 12.6. The summed E-state index contributed by atoms with van der Waals surface area (Å²) in [6, 6.07) is 16.8. The van der Waals surface area contributed by atoms with Crippen LogP contribution in [-0.2, 0) is 29.7 Å². The summed E-state index contributed by atoms with van der Waals surface area (Å²) < 4.78 is 0. The summed E-state index contributed by atoms with van der Waals surface area (Å²) in [5.74, 6) is -0.0283. The molecule has 1 unspecified atom stereocenters. The lowest BCUT2D eigenvalue weighted by atomic mass is 9.87. The van der Waals surface area contributed by atoms with Crippen molar-refractivity contribution in [3.8, 4) is 0 Å². The molecule has 1 amide bonds. The van der Waals surface area contributed by atoms with Crippen LogP contribution in [0.1, 0.15) is 48.2 Å². The summed E-state index contributed by atoms with van der Waals surface area (Å²) in [7, 11) is 2.18. The number of anilines is 1. The van der Waals surface area contributed by atoms with Crippen LogP contribution in [0.2, 0.25) is 0 Å². The number of quaternary nitrogens is 1. The van der Waals surface area contributed by atoms with Gasteiger partial charge in [-0.25, -0.2) is 4.98 Å². The summed E-state index contributed by atoms with van der Waals surface area (Å²) in [6.07, 6.45) is 0.311. The summed E-state index contributed by atoms with van der Waals surface area (Å²) >= 11 is 1.56. The van der Waals surface area contributed by atoms with Crippen LogP contribution in [0.4, 0.5) is 5.69 Å². The molecule has 0 fully saturated rings. The number of thiazole rings is 1. The van der Waals surface area contributed by atoms with E-state index in [-0.39, 0.29) is 11.3 Å². The van der Waals surface area contributed by atoms with E-state index >= 15 is 0 Å². The Balaban J connectivity index is 1.50. The lowest BCUT2D eigenvalue weighted by molar-refractivity contribution is -0.908. The second kappa shape index (κ2) is 9.54. The lowest BCUT2D eigenvalue weighted by Crippen LogP contribution is -3.06. The highest BCUT2D eigenvalue weighted by Crippen LogP contribution is 2.22. The Kier molecular flexibility index (Phi) is 7.06. The predicted octanol–water partition coefficient (Wildman–Crippen LogP) is 4.15. The van der Waals surface area contributed by atoms with Crippen LogP contribution < -0.4 is 10.2 Å². The molecule has 0 saturated heterocycles. The molecule has 4 nitrogen and oxygen atoms in total. The molecule has 158 valence electrons. The first-order valence-corrected chi connectivity index (χ1v) is 11.3. The Morgan fingerprint density at radius 2 is 1.70 bits per heavy atom. The molecule has 1 atom stereocenters. The third-order valence-electron chi connectivity index (χ3n) is 5.06. The highest BCUT2D eigenvalue weighted by molar-refractivity contribution is 7.09. The first kappa shape index (κ1) is 22.2. The van der Waals surface area contributed by atoms with E-state index in [4.69, 9.17) is 0 Å². The second-order valence-corrected chi connectivity index (χ2v) is 10.0. The quantitative estimate of drug-likeness (QED) is 0.601. The summed E-state index contributed by atoms with van der Waals surface area (Å²) in [5, 5.41) is 5.87. The molecule has 2 aromatic carbocycles. The molecule has 1 heterocycles. The minimum atomic E-state index is -0.0283. The SMILES string of the molecule is Cc1ccc(NC(=O)Cc2nc(C[NH+](C)Cc3ccc(C(C)(C)C)cc3)cs2)cc1. The fourth-order valence-corrected chi connectivity index (χ4v) is 4.13. The predicted molar refractivity (Wildman–Crippen MR) is 125 cm³/mol. The van der Waals surface area contributed by atoms with Gasteiger partial charge in [0.2, 0.25) is 5.91 Å². The molecular weight excluding hydrogens is 390 g/mol. The van der Waals surface area contributed by atoms with Crippen molar-refractivity contribution in [2.75, 3.05) is 12.4 Å². The highest BCUT2D eigenvalue weighted by Gasteiger charge is 2.15. The van der Waals surface area contributed by atoms with Gasteiger partial charge in [-0.3, -0.25) is 4.79 Å². The van der Waals surface area contributed by atoms with Gasteiger partial charge in [0.05, 0.1) is 13.5 Å². The number of carbonyl (C=O) groups is 1. The Morgan fingerprint density at radius 1 is 1.03 bits per heavy atom. The van der Waals surface area contributed by atoms with E-state index in [9.17, 15) is 4.79 Å². The largest absolute Gasteiger partial charge is 0.329 e. The molecule has 0 radical (unpaired) electrons. The molecule has 0 aliphatic carbocycles. The zero-order valence-electron chi connectivity index (χ0n) is 18.6. The van der Waals surface area contributed by atoms with Gasteiger partial charge in [0.1, 0.15) is 23.8 Å². The number of aryl methyl sites for hydroxylation is 1. The van der Waals surface area contributed by atoms with Crippen LogP contribution in [0.5, 0.6) is 0 Å². The van der Waals surface area contributed by atoms with Crippen molar-refractivity contribution in [2.24, 2.45) is 0 Å². The van der Waals surface area contributed by atoms with Crippen molar-refractivity contribution in [3.05, 3.63) is 81.3 Å². The van der Waals surface area contributed by atoms with Gasteiger partial charge in [-0.05, 0) is 30.0 Å². The Hall–Kier alpha value is -2.50. The van der Waals surface area contributed by atoms with Crippen molar-refractivity contribution in [1.82, 2.24) is 4.98 Å². The zero-order chi connectivity index (χ0) is 21.7. The number of aromatic nitrogens is 1. The van der Waals surface area contributed by atoms with E-state index in [1.807, 2.05) is 31.2 Å². The molecule has 0 bridgehead atoms. The van der Waals surface area contributed by atoms with Gasteiger partial charge in [-0.1, -0.05) is 62.7 Å². The van der Waals surface area contributed by atoms with Crippen LogP contribution in [0, 0.1) is 6.92 Å². The average Bonchev–Trinajstić information content (AvgIpc) is 3.09. The van der Waals surface area contributed by atoms with Crippen molar-refractivity contribution in [2.45, 2.75) is 52.6 Å². The number of hydrogen-bond donors (Lipinski definition) is 2. The Bertz CT molecular complexity index is 969. The fourth-order valence-electron chi connectivity index (χ4n) is 3.33. The number of hydrogen-bond acceptors (Lipinski definition) is 3. The van der Waals surface area contributed by atoms with Gasteiger partial charge < -0.3 is 10.2 Å². The molecule has 0 spiro atoms. The van der Waals surface area contributed by atoms with E-state index in [0.717, 1.165) is 29.5 Å². The highest BCUT2D eigenvalue weighted by atomic mass is 32.1. The lowest BCUT2D eigenvalue weighted by Gasteiger charge is -2.19. The van der Waals surface area contributed by atoms with Crippen LogP contribution in [-0.4, -0.2) is 17.9 Å². The molecule has 3 rings (SSSR count). The molecule has 0 aliphatic rings. The number of benzene rings is 2. The molecule has 0 aliphatic heterocycles. The Labute approximate surface area is 184 Å². The monoisotopic (exact) mass is 422 g/mol. The van der Waals surface area contributed by atoms with Crippen LogP contribution in [0.15, 0.2) is 53.9 Å². The third kappa shape index (κ3) is 6.51. The average molecular weight is 423 g/mol. The van der Waals surface area contributed by atoms with Gasteiger partial charge in [0.15, 0.2) is 0 Å². The molecule has 30 heavy (non-hydrogen) atoms. The third-order valence-corrected chi connectivity index (χ3v) is 5.95. The zero-order valence-corrected chi connectivity index (χ0v) is 19.4. The van der Waals surface area contributed by atoms with Crippen molar-refractivity contribution in [3.63, 3.8) is 0 Å². The number of nitrogens with zero attached hydrogens (tertiary/aromatic N) is 1. The van der Waals surface area contributed by atoms with Gasteiger partial charge in [-0.2, -0.15) is 0 Å². The first-order valence-electron chi connectivity index (χ1n) is 10.4. The summed E-state index contributed by atoms with van der Waals surface area (Å²) in [5.41, 5.74) is 5.91. The maximum absolute atomic E-state index is 12.3. The molecule has 2 N–H and O–H groups in total. The van der Waals surface area contributed by atoms with E-state index in [1.165, 1.54) is 21.6 Å². The van der Waals surface area contributed by atoms with E-state index in [0.29, 0.717) is 6.42 Å². The first-order chi connectivity index (χ1) is 14.2. The van der Waals surface area contributed by atoms with Crippen molar-refractivity contribution in [1.29, 1.82) is 0 Å².